The van der Waals surface area contributed by atoms with Gasteiger partial charge < -0.3 is 15.8 Å². The smallest absolute Gasteiger partial charge is 0.407 e. The van der Waals surface area contributed by atoms with E-state index in [0.29, 0.717) is 13.1 Å². The standard InChI is InChI=1S/C12H16N2O2S/c1-9(2)16-12(15)14-8-11-10(4-3-6-13)5-7-17-11/h5,7,9H,6,8,13H2,1-2H3,(H,14,15). The van der Waals surface area contributed by atoms with Crippen LogP contribution in [-0.4, -0.2) is 18.7 Å². The number of alkyl carbamates (subject to hydrolysis) is 1. The predicted molar refractivity (Wildman–Crippen MR) is 68.7 cm³/mol. The Kier molecular flexibility index (Phi) is 5.53. The number of ether oxygens (including phenoxy) is 1. The van der Waals surface area contributed by atoms with Crippen LogP contribution in [0.5, 0.6) is 0 Å². The van der Waals surface area contributed by atoms with Gasteiger partial charge in [0.25, 0.3) is 0 Å². The molecule has 17 heavy (non-hydrogen) atoms. The topological polar surface area (TPSA) is 64.3 Å². The number of carbonyl (C=O) groups excluding carboxylic acids is 1. The number of amides is 1. The van der Waals surface area contributed by atoms with Crippen LogP contribution in [0.15, 0.2) is 11.4 Å². The van der Waals surface area contributed by atoms with Crippen molar-refractivity contribution < 1.29 is 9.53 Å². The van der Waals surface area contributed by atoms with Crippen molar-refractivity contribution >= 4 is 17.4 Å². The molecular formula is C12H16N2O2S. The molecule has 4 nitrogen and oxygen atoms in total. The average molecular weight is 252 g/mol. The largest absolute Gasteiger partial charge is 0.447 e. The van der Waals surface area contributed by atoms with E-state index in [1.807, 2.05) is 25.3 Å². The maximum absolute atomic E-state index is 11.3. The third kappa shape index (κ3) is 4.89. The summed E-state index contributed by atoms with van der Waals surface area (Å²) in [5, 5.41) is 4.62. The molecule has 92 valence electrons. The average Bonchev–Trinajstić information content (AvgIpc) is 2.70. The maximum atomic E-state index is 11.3. The van der Waals surface area contributed by atoms with Gasteiger partial charge in [0, 0.05) is 10.4 Å². The fourth-order valence-electron chi connectivity index (χ4n) is 1.14. The molecule has 0 bridgehead atoms. The molecule has 1 aromatic rings. The number of thiophene rings is 1. The van der Waals surface area contributed by atoms with Crippen molar-refractivity contribution in [2.45, 2.75) is 26.5 Å². The van der Waals surface area contributed by atoms with E-state index in [0.717, 1.165) is 10.4 Å². The molecule has 0 fully saturated rings. The van der Waals surface area contributed by atoms with Crippen LogP contribution in [0.3, 0.4) is 0 Å². The summed E-state index contributed by atoms with van der Waals surface area (Å²) in [6.07, 6.45) is -0.527. The second kappa shape index (κ2) is 6.94. The van der Waals surface area contributed by atoms with E-state index < -0.39 is 6.09 Å². The molecule has 1 amide bonds. The number of rotatable bonds is 3. The highest BCUT2D eigenvalue weighted by Crippen LogP contribution is 2.15. The number of carbonyl (C=O) groups is 1. The number of nitrogens with two attached hydrogens (primary N) is 1. The summed E-state index contributed by atoms with van der Waals surface area (Å²) in [6, 6.07) is 1.91. The molecule has 0 unspecified atom stereocenters. The first kappa shape index (κ1) is 13.6. The van der Waals surface area contributed by atoms with E-state index in [1.54, 1.807) is 11.3 Å². The van der Waals surface area contributed by atoms with Gasteiger partial charge >= 0.3 is 6.09 Å². The number of hydrogen-bond donors (Lipinski definition) is 2. The molecule has 5 heteroatoms. The Morgan fingerprint density at radius 1 is 1.65 bits per heavy atom. The normalized spacial score (nSPS) is 9.65. The second-order valence-electron chi connectivity index (χ2n) is 3.57. The van der Waals surface area contributed by atoms with Crippen molar-refractivity contribution in [2.24, 2.45) is 5.73 Å². The van der Waals surface area contributed by atoms with Crippen LogP contribution in [0.25, 0.3) is 0 Å². The van der Waals surface area contributed by atoms with E-state index in [1.165, 1.54) is 0 Å². The van der Waals surface area contributed by atoms with Gasteiger partial charge in [-0.05, 0) is 25.3 Å². The summed E-state index contributed by atoms with van der Waals surface area (Å²) in [5.74, 6) is 5.75. The van der Waals surface area contributed by atoms with Gasteiger partial charge in [0.15, 0.2) is 0 Å². The first-order valence-electron chi connectivity index (χ1n) is 5.33. The van der Waals surface area contributed by atoms with E-state index in [4.69, 9.17) is 10.5 Å². The van der Waals surface area contributed by atoms with E-state index in [-0.39, 0.29) is 6.10 Å². The molecule has 1 rings (SSSR count). The SMILES string of the molecule is CC(C)OC(=O)NCc1sccc1C#CCN. The van der Waals surface area contributed by atoms with Gasteiger partial charge in [-0.2, -0.15) is 0 Å². The minimum Gasteiger partial charge on any atom is -0.447 e. The summed E-state index contributed by atoms with van der Waals surface area (Å²) < 4.78 is 4.97. The zero-order chi connectivity index (χ0) is 12.7. The zero-order valence-electron chi connectivity index (χ0n) is 9.95. The molecular weight excluding hydrogens is 236 g/mol. The van der Waals surface area contributed by atoms with Gasteiger partial charge in [0.05, 0.1) is 19.2 Å². The maximum Gasteiger partial charge on any atom is 0.407 e. The molecule has 1 heterocycles. The van der Waals surface area contributed by atoms with Crippen LogP contribution in [-0.2, 0) is 11.3 Å². The fraction of sp³-hybridized carbons (Fsp3) is 0.417. The molecule has 0 saturated heterocycles. The molecule has 0 aliphatic rings. The molecule has 0 aliphatic heterocycles. The van der Waals surface area contributed by atoms with E-state index in [2.05, 4.69) is 17.2 Å². The quantitative estimate of drug-likeness (QED) is 0.805. The Hall–Kier alpha value is -1.51. The Labute approximate surface area is 105 Å². The van der Waals surface area contributed by atoms with Crippen molar-refractivity contribution in [3.63, 3.8) is 0 Å². The molecule has 0 spiro atoms. The van der Waals surface area contributed by atoms with Gasteiger partial charge in [-0.3, -0.25) is 0 Å². The van der Waals surface area contributed by atoms with Crippen molar-refractivity contribution in [2.75, 3.05) is 6.54 Å². The first-order valence-corrected chi connectivity index (χ1v) is 6.21. The van der Waals surface area contributed by atoms with Crippen molar-refractivity contribution in [1.29, 1.82) is 0 Å². The molecule has 0 aliphatic carbocycles. The molecule has 0 atom stereocenters. The Morgan fingerprint density at radius 2 is 2.41 bits per heavy atom. The summed E-state index contributed by atoms with van der Waals surface area (Å²) >= 11 is 1.55. The second-order valence-corrected chi connectivity index (χ2v) is 4.57. The fourth-order valence-corrected chi connectivity index (χ4v) is 1.91. The van der Waals surface area contributed by atoms with Crippen LogP contribution < -0.4 is 11.1 Å². The lowest BCUT2D eigenvalue weighted by atomic mass is 10.2. The van der Waals surface area contributed by atoms with Crippen LogP contribution >= 0.6 is 11.3 Å². The highest BCUT2D eigenvalue weighted by molar-refractivity contribution is 7.10. The number of nitrogens with one attached hydrogen (secondary N) is 1. The lowest BCUT2D eigenvalue weighted by molar-refractivity contribution is 0.115. The van der Waals surface area contributed by atoms with Crippen LogP contribution in [0.4, 0.5) is 4.79 Å². The summed E-state index contributed by atoms with van der Waals surface area (Å²) in [7, 11) is 0. The van der Waals surface area contributed by atoms with Gasteiger partial charge in [0.1, 0.15) is 0 Å². The first-order chi connectivity index (χ1) is 8.13. The Bertz CT molecular complexity index is 429. The van der Waals surface area contributed by atoms with Gasteiger partial charge in [-0.1, -0.05) is 11.8 Å². The van der Waals surface area contributed by atoms with Crippen molar-refractivity contribution in [3.8, 4) is 11.8 Å². The minimum atomic E-state index is -0.411. The number of hydrogen-bond acceptors (Lipinski definition) is 4. The third-order valence-corrected chi connectivity index (χ3v) is 2.73. The molecule has 0 aromatic carbocycles. The predicted octanol–water partition coefficient (Wildman–Crippen LogP) is 1.69. The molecule has 0 saturated carbocycles. The van der Waals surface area contributed by atoms with Crippen molar-refractivity contribution in [1.82, 2.24) is 5.32 Å². The van der Waals surface area contributed by atoms with Gasteiger partial charge in [-0.25, -0.2) is 4.79 Å². The van der Waals surface area contributed by atoms with Crippen LogP contribution in [0, 0.1) is 11.8 Å². The highest BCUT2D eigenvalue weighted by Gasteiger charge is 2.07. The Balaban J connectivity index is 2.52. The van der Waals surface area contributed by atoms with E-state index >= 15 is 0 Å². The molecule has 3 N–H and O–H groups in total. The minimum absolute atomic E-state index is 0.116. The highest BCUT2D eigenvalue weighted by atomic mass is 32.1. The summed E-state index contributed by atoms with van der Waals surface area (Å²) in [6.45, 7) is 4.38. The summed E-state index contributed by atoms with van der Waals surface area (Å²) in [4.78, 5) is 12.3. The van der Waals surface area contributed by atoms with Crippen molar-refractivity contribution in [3.05, 3.63) is 21.9 Å². The zero-order valence-corrected chi connectivity index (χ0v) is 10.8. The van der Waals surface area contributed by atoms with E-state index in [9.17, 15) is 4.79 Å². The molecule has 0 radical (unpaired) electrons. The summed E-state index contributed by atoms with van der Waals surface area (Å²) in [5.41, 5.74) is 6.22. The van der Waals surface area contributed by atoms with Crippen LogP contribution in [0.1, 0.15) is 24.3 Å². The monoisotopic (exact) mass is 252 g/mol. The van der Waals surface area contributed by atoms with Gasteiger partial charge in [-0.15, -0.1) is 11.3 Å². The van der Waals surface area contributed by atoms with Crippen LogP contribution in [0.2, 0.25) is 0 Å². The molecule has 1 aromatic heterocycles. The Morgan fingerprint density at radius 3 is 3.06 bits per heavy atom. The lowest BCUT2D eigenvalue weighted by Gasteiger charge is -2.08. The lowest BCUT2D eigenvalue weighted by Crippen LogP contribution is -2.26. The van der Waals surface area contributed by atoms with Gasteiger partial charge in [0.2, 0.25) is 0 Å². The third-order valence-electron chi connectivity index (χ3n) is 1.81.